The summed E-state index contributed by atoms with van der Waals surface area (Å²) >= 11 is 0. The van der Waals surface area contributed by atoms with Crippen LogP contribution in [0.4, 0.5) is 23.2 Å². The van der Waals surface area contributed by atoms with Crippen LogP contribution in [0.15, 0.2) is 52.7 Å². The zero-order valence-electron chi connectivity index (χ0n) is 19.8. The Labute approximate surface area is 210 Å². The zero-order chi connectivity index (χ0) is 27.0. The smallest absolute Gasteiger partial charge is 0.381 e. The summed E-state index contributed by atoms with van der Waals surface area (Å²) in [5.41, 5.74) is -2.65. The first-order chi connectivity index (χ1) is 18.1. The predicted octanol–water partition coefficient (Wildman–Crippen LogP) is 3.86. The topological polar surface area (TPSA) is 134 Å². The number of alkyl halides is 3. The van der Waals surface area contributed by atoms with Crippen molar-refractivity contribution in [3.05, 3.63) is 75.2 Å². The molecule has 4 aromatic heterocycles. The monoisotopic (exact) mass is 528 g/mol. The summed E-state index contributed by atoms with van der Waals surface area (Å²) in [6, 6.07) is 3.83. The first kappa shape index (κ1) is 25.0. The number of H-pyrrole nitrogens is 2. The minimum atomic E-state index is -4.85. The third kappa shape index (κ3) is 4.84. The molecule has 1 aromatic carbocycles. The summed E-state index contributed by atoms with van der Waals surface area (Å²) in [5.74, 6) is -0.527. The molecular weight excluding hydrogens is 508 g/mol. The quantitative estimate of drug-likeness (QED) is 0.273. The van der Waals surface area contributed by atoms with Crippen molar-refractivity contribution in [3.8, 4) is 11.4 Å². The third-order valence-corrected chi connectivity index (χ3v) is 6.03. The molecule has 0 aliphatic heterocycles. The van der Waals surface area contributed by atoms with Crippen LogP contribution in [0, 0.1) is 5.82 Å². The summed E-state index contributed by atoms with van der Waals surface area (Å²) < 4.78 is 56.0. The van der Waals surface area contributed by atoms with Crippen molar-refractivity contribution < 1.29 is 17.6 Å². The fourth-order valence-electron chi connectivity index (χ4n) is 4.17. The van der Waals surface area contributed by atoms with Crippen LogP contribution in [-0.2, 0) is 12.7 Å². The van der Waals surface area contributed by atoms with Crippen molar-refractivity contribution in [2.24, 2.45) is 0 Å². The molecule has 196 valence electrons. The number of anilines is 1. The van der Waals surface area contributed by atoms with Crippen LogP contribution in [0.25, 0.3) is 33.3 Å². The molecule has 0 radical (unpaired) electrons. The second kappa shape index (κ2) is 9.68. The minimum Gasteiger partial charge on any atom is -0.381 e. The van der Waals surface area contributed by atoms with E-state index < -0.39 is 40.4 Å². The summed E-state index contributed by atoms with van der Waals surface area (Å²) in [4.78, 5) is 40.3. The van der Waals surface area contributed by atoms with E-state index >= 15 is 0 Å². The van der Waals surface area contributed by atoms with Crippen molar-refractivity contribution in [1.82, 2.24) is 34.7 Å². The van der Waals surface area contributed by atoms with E-state index in [0.29, 0.717) is 18.5 Å². The van der Waals surface area contributed by atoms with Gasteiger partial charge in [-0.15, -0.1) is 0 Å². The second-order valence-corrected chi connectivity index (χ2v) is 8.74. The zero-order valence-corrected chi connectivity index (χ0v) is 19.8. The molecule has 4 heterocycles. The maximum atomic E-state index is 15.0. The van der Waals surface area contributed by atoms with Gasteiger partial charge >= 0.3 is 6.18 Å². The Morgan fingerprint density at radius 2 is 1.97 bits per heavy atom. The molecule has 1 unspecified atom stereocenters. The molecule has 5 rings (SSSR count). The summed E-state index contributed by atoms with van der Waals surface area (Å²) in [7, 11) is 0. The molecular formula is C24H20F4N8O2. The standard InChI is InChI=1S/C24H20F4N8O2/c1-12(33-18-10-32-35-22(37)19(18)24(26,27)28)3-2-6-36-11-31-17-8-14(16(25)7-15(17)23(36)38)21-30-9-13-4-5-29-20(13)34-21/h4-5,7-12H,2-3,6H2,1H3,(H,29,30,34)(H2,33,35,37). The van der Waals surface area contributed by atoms with E-state index in [1.165, 1.54) is 17.0 Å². The van der Waals surface area contributed by atoms with Crippen LogP contribution in [0.1, 0.15) is 25.3 Å². The van der Waals surface area contributed by atoms with Crippen LogP contribution in [-0.4, -0.2) is 40.7 Å². The highest BCUT2D eigenvalue weighted by Crippen LogP contribution is 2.32. The van der Waals surface area contributed by atoms with Crippen LogP contribution in [0.2, 0.25) is 0 Å². The van der Waals surface area contributed by atoms with Crippen molar-refractivity contribution in [2.45, 2.75) is 38.5 Å². The van der Waals surface area contributed by atoms with E-state index in [2.05, 4.69) is 30.4 Å². The molecule has 0 aliphatic carbocycles. The van der Waals surface area contributed by atoms with Crippen molar-refractivity contribution in [2.75, 3.05) is 5.32 Å². The summed E-state index contributed by atoms with van der Waals surface area (Å²) in [6.45, 7) is 1.84. The van der Waals surface area contributed by atoms with Gasteiger partial charge in [-0.3, -0.25) is 14.2 Å². The molecule has 14 heteroatoms. The van der Waals surface area contributed by atoms with Gasteiger partial charge in [0.15, 0.2) is 5.82 Å². The molecule has 5 aromatic rings. The van der Waals surface area contributed by atoms with Gasteiger partial charge in [-0.2, -0.15) is 18.3 Å². The lowest BCUT2D eigenvalue weighted by Crippen LogP contribution is -2.27. The van der Waals surface area contributed by atoms with E-state index in [-0.39, 0.29) is 28.8 Å². The van der Waals surface area contributed by atoms with Gasteiger partial charge in [-0.1, -0.05) is 0 Å². The average Bonchev–Trinajstić information content (AvgIpc) is 3.33. The fourth-order valence-corrected chi connectivity index (χ4v) is 4.17. The molecule has 0 aliphatic rings. The first-order valence-corrected chi connectivity index (χ1v) is 11.5. The SMILES string of the molecule is CC(CCCn1cnc2cc(-c3ncc4cc[nH]c4n3)c(F)cc2c1=O)Nc1cn[nH]c(=O)c1C(F)(F)F. The Hall–Kier alpha value is -4.62. The number of halogens is 4. The highest BCUT2D eigenvalue weighted by molar-refractivity contribution is 5.84. The Morgan fingerprint density at radius 1 is 1.16 bits per heavy atom. The Kier molecular flexibility index (Phi) is 6.38. The number of fused-ring (bicyclic) bond motifs is 2. The van der Waals surface area contributed by atoms with Gasteiger partial charge in [0.25, 0.3) is 11.1 Å². The predicted molar refractivity (Wildman–Crippen MR) is 131 cm³/mol. The molecule has 0 bridgehead atoms. The highest BCUT2D eigenvalue weighted by Gasteiger charge is 2.37. The molecule has 0 spiro atoms. The molecule has 0 amide bonds. The summed E-state index contributed by atoms with van der Waals surface area (Å²) in [5, 5.41) is 8.72. The molecule has 38 heavy (non-hydrogen) atoms. The van der Waals surface area contributed by atoms with Gasteiger partial charge < -0.3 is 10.3 Å². The number of hydrogen-bond acceptors (Lipinski definition) is 7. The van der Waals surface area contributed by atoms with E-state index in [1.54, 1.807) is 30.5 Å². The van der Waals surface area contributed by atoms with Crippen molar-refractivity contribution in [1.29, 1.82) is 0 Å². The van der Waals surface area contributed by atoms with E-state index in [1.807, 2.05) is 0 Å². The Bertz CT molecular complexity index is 1760. The number of aromatic nitrogens is 7. The lowest BCUT2D eigenvalue weighted by atomic mass is 10.1. The first-order valence-electron chi connectivity index (χ1n) is 11.5. The molecule has 0 saturated heterocycles. The largest absolute Gasteiger partial charge is 0.423 e. The molecule has 0 fully saturated rings. The van der Waals surface area contributed by atoms with Crippen LogP contribution >= 0.6 is 0 Å². The Morgan fingerprint density at radius 3 is 2.76 bits per heavy atom. The van der Waals surface area contributed by atoms with E-state index in [0.717, 1.165) is 17.6 Å². The van der Waals surface area contributed by atoms with Crippen molar-refractivity contribution >= 4 is 27.6 Å². The number of nitrogens with one attached hydrogen (secondary N) is 3. The lowest BCUT2D eigenvalue weighted by molar-refractivity contribution is -0.138. The lowest BCUT2D eigenvalue weighted by Gasteiger charge is -2.18. The maximum Gasteiger partial charge on any atom is 0.423 e. The van der Waals surface area contributed by atoms with Gasteiger partial charge in [-0.05, 0) is 38.0 Å². The molecule has 0 saturated carbocycles. The van der Waals surface area contributed by atoms with Gasteiger partial charge in [0.05, 0.1) is 34.7 Å². The number of benzene rings is 1. The van der Waals surface area contributed by atoms with E-state index in [9.17, 15) is 27.2 Å². The summed E-state index contributed by atoms with van der Waals surface area (Å²) in [6.07, 6.45) is 1.41. The van der Waals surface area contributed by atoms with E-state index in [4.69, 9.17) is 0 Å². The molecule has 3 N–H and O–H groups in total. The van der Waals surface area contributed by atoms with Crippen LogP contribution in [0.5, 0.6) is 0 Å². The van der Waals surface area contributed by atoms with Crippen LogP contribution < -0.4 is 16.4 Å². The minimum absolute atomic E-state index is 0.0743. The average molecular weight is 528 g/mol. The molecule has 10 nitrogen and oxygen atoms in total. The van der Waals surface area contributed by atoms with Gasteiger partial charge in [-0.25, -0.2) is 24.4 Å². The normalized spacial score (nSPS) is 12.8. The molecule has 1 atom stereocenters. The number of aromatic amines is 2. The van der Waals surface area contributed by atoms with Gasteiger partial charge in [0.2, 0.25) is 0 Å². The van der Waals surface area contributed by atoms with Crippen molar-refractivity contribution in [3.63, 3.8) is 0 Å². The fraction of sp³-hybridized carbons (Fsp3) is 0.250. The maximum absolute atomic E-state index is 15.0. The number of nitrogens with zero attached hydrogens (tertiary/aromatic N) is 5. The second-order valence-electron chi connectivity index (χ2n) is 8.74. The highest BCUT2D eigenvalue weighted by atomic mass is 19.4. The number of aryl methyl sites for hydroxylation is 1. The number of hydrogen-bond donors (Lipinski definition) is 3. The van der Waals surface area contributed by atoms with Gasteiger partial charge in [0, 0.05) is 30.4 Å². The Balaban J connectivity index is 1.30. The van der Waals surface area contributed by atoms with Gasteiger partial charge in [0.1, 0.15) is 17.0 Å². The number of rotatable bonds is 7. The van der Waals surface area contributed by atoms with Crippen LogP contribution in [0.3, 0.4) is 0 Å². The third-order valence-electron chi connectivity index (χ3n) is 6.03.